The van der Waals surface area contributed by atoms with Crippen LogP contribution in [0.3, 0.4) is 0 Å². The quantitative estimate of drug-likeness (QED) is 0.842. The van der Waals surface area contributed by atoms with E-state index in [9.17, 15) is 27.9 Å². The second-order valence-corrected chi connectivity index (χ2v) is 5.07. The van der Waals surface area contributed by atoms with E-state index in [0.717, 1.165) is 4.90 Å². The summed E-state index contributed by atoms with van der Waals surface area (Å²) in [6.45, 7) is -0.984. The first-order valence-electron chi connectivity index (χ1n) is 6.45. The molecule has 0 saturated carbocycles. The molecule has 1 amide bonds. The maximum atomic E-state index is 12.7. The van der Waals surface area contributed by atoms with Crippen LogP contribution in [0.1, 0.15) is 27.1 Å². The van der Waals surface area contributed by atoms with E-state index in [1.807, 2.05) is 0 Å². The third-order valence-electron chi connectivity index (χ3n) is 3.62. The average molecular weight is 317 g/mol. The van der Waals surface area contributed by atoms with Crippen molar-refractivity contribution in [1.82, 2.24) is 4.90 Å². The molecule has 8 heteroatoms. The van der Waals surface area contributed by atoms with Gasteiger partial charge >= 0.3 is 12.1 Å². The number of amides is 1. The van der Waals surface area contributed by atoms with Crippen molar-refractivity contribution in [2.24, 2.45) is 0 Å². The summed E-state index contributed by atoms with van der Waals surface area (Å²) < 4.78 is 42.7. The first kappa shape index (κ1) is 16.3. The SMILES string of the molecule is COC(=O)c1ccc(C(=O)N2CCC(O)(C(F)(F)F)C2)cc1. The maximum absolute atomic E-state index is 12.7. The van der Waals surface area contributed by atoms with Gasteiger partial charge in [-0.15, -0.1) is 0 Å². The predicted molar refractivity (Wildman–Crippen MR) is 69.3 cm³/mol. The molecule has 0 aromatic heterocycles. The summed E-state index contributed by atoms with van der Waals surface area (Å²) in [7, 11) is 1.21. The van der Waals surface area contributed by atoms with Crippen LogP contribution in [0.15, 0.2) is 24.3 Å². The van der Waals surface area contributed by atoms with Crippen molar-refractivity contribution in [3.05, 3.63) is 35.4 Å². The number of nitrogens with zero attached hydrogens (tertiary/aromatic N) is 1. The van der Waals surface area contributed by atoms with Gasteiger partial charge < -0.3 is 14.7 Å². The highest BCUT2D eigenvalue weighted by Gasteiger charge is 2.57. The number of benzene rings is 1. The monoisotopic (exact) mass is 317 g/mol. The molecule has 0 radical (unpaired) electrons. The Bertz CT molecular complexity index is 585. The zero-order valence-electron chi connectivity index (χ0n) is 11.7. The molecule has 0 spiro atoms. The van der Waals surface area contributed by atoms with Gasteiger partial charge in [-0.05, 0) is 24.3 Å². The van der Waals surface area contributed by atoms with Crippen LogP contribution in [-0.2, 0) is 4.74 Å². The number of esters is 1. The lowest BCUT2D eigenvalue weighted by atomic mass is 10.0. The molecule has 1 aromatic carbocycles. The molecule has 0 bridgehead atoms. The molecule has 1 heterocycles. The Morgan fingerprint density at radius 2 is 1.77 bits per heavy atom. The Morgan fingerprint density at radius 3 is 2.23 bits per heavy atom. The van der Waals surface area contributed by atoms with Crippen molar-refractivity contribution in [3.63, 3.8) is 0 Å². The Morgan fingerprint density at radius 1 is 1.23 bits per heavy atom. The number of halogens is 3. The van der Waals surface area contributed by atoms with Gasteiger partial charge in [-0.25, -0.2) is 4.79 Å². The van der Waals surface area contributed by atoms with E-state index in [-0.39, 0.29) is 17.7 Å². The number of methoxy groups -OCH3 is 1. The summed E-state index contributed by atoms with van der Waals surface area (Å²) in [5, 5.41) is 9.56. The van der Waals surface area contributed by atoms with Gasteiger partial charge in [-0.1, -0.05) is 0 Å². The minimum atomic E-state index is -4.78. The molecule has 0 aliphatic carbocycles. The first-order valence-corrected chi connectivity index (χ1v) is 6.45. The number of hydrogen-bond donors (Lipinski definition) is 1. The molecule has 1 aliphatic heterocycles. The Balaban J connectivity index is 2.12. The van der Waals surface area contributed by atoms with Gasteiger partial charge in [0, 0.05) is 18.5 Å². The van der Waals surface area contributed by atoms with Crippen molar-refractivity contribution in [3.8, 4) is 0 Å². The predicted octanol–water partition coefficient (Wildman–Crippen LogP) is 1.61. The zero-order chi connectivity index (χ0) is 16.5. The summed E-state index contributed by atoms with van der Waals surface area (Å²) in [6, 6.07) is 5.37. The maximum Gasteiger partial charge on any atom is 0.419 e. The molecule has 22 heavy (non-hydrogen) atoms. The highest BCUT2D eigenvalue weighted by Crippen LogP contribution is 2.37. The topological polar surface area (TPSA) is 66.8 Å². The number of carbonyl (C=O) groups excluding carboxylic acids is 2. The lowest BCUT2D eigenvalue weighted by Gasteiger charge is -2.25. The second kappa shape index (κ2) is 5.60. The molecular formula is C14H14F3NO4. The third kappa shape index (κ3) is 2.92. The van der Waals surface area contributed by atoms with Crippen LogP contribution in [0.5, 0.6) is 0 Å². The van der Waals surface area contributed by atoms with E-state index in [1.54, 1.807) is 0 Å². The van der Waals surface area contributed by atoms with Crippen molar-refractivity contribution in [2.45, 2.75) is 18.2 Å². The van der Waals surface area contributed by atoms with E-state index in [0.29, 0.717) is 0 Å². The van der Waals surface area contributed by atoms with E-state index in [4.69, 9.17) is 0 Å². The molecule has 1 aromatic rings. The van der Waals surface area contributed by atoms with Gasteiger partial charge in [0.15, 0.2) is 5.60 Å². The third-order valence-corrected chi connectivity index (χ3v) is 3.62. The fourth-order valence-electron chi connectivity index (χ4n) is 2.25. The minimum absolute atomic E-state index is 0.138. The summed E-state index contributed by atoms with van der Waals surface area (Å²) in [6.07, 6.45) is -5.33. The summed E-state index contributed by atoms with van der Waals surface area (Å²) in [5.41, 5.74) is -2.50. The Kier molecular flexibility index (Phi) is 4.15. The summed E-state index contributed by atoms with van der Waals surface area (Å²) in [5.74, 6) is -1.21. The van der Waals surface area contributed by atoms with Crippen molar-refractivity contribution >= 4 is 11.9 Å². The fourth-order valence-corrected chi connectivity index (χ4v) is 2.25. The normalized spacial score (nSPS) is 21.8. The number of likely N-dealkylation sites (tertiary alicyclic amines) is 1. The van der Waals surface area contributed by atoms with Crippen LogP contribution in [0.25, 0.3) is 0 Å². The fraction of sp³-hybridized carbons (Fsp3) is 0.429. The molecule has 1 aliphatic rings. The van der Waals surface area contributed by atoms with E-state index in [2.05, 4.69) is 4.74 Å². The number of hydrogen-bond acceptors (Lipinski definition) is 4. The number of carbonyl (C=O) groups is 2. The molecular weight excluding hydrogens is 303 g/mol. The highest BCUT2D eigenvalue weighted by atomic mass is 19.4. The zero-order valence-corrected chi connectivity index (χ0v) is 11.7. The van der Waals surface area contributed by atoms with Crippen molar-refractivity contribution in [2.75, 3.05) is 20.2 Å². The second-order valence-electron chi connectivity index (χ2n) is 5.07. The Labute approximate surface area is 124 Å². The van der Waals surface area contributed by atoms with Crippen LogP contribution in [0, 0.1) is 0 Å². The lowest BCUT2D eigenvalue weighted by molar-refractivity contribution is -0.253. The summed E-state index contributed by atoms with van der Waals surface area (Å²) >= 11 is 0. The van der Waals surface area contributed by atoms with Crippen LogP contribution >= 0.6 is 0 Å². The first-order chi connectivity index (χ1) is 10.2. The minimum Gasteiger partial charge on any atom is -0.465 e. The molecule has 1 N–H and O–H groups in total. The molecule has 1 fully saturated rings. The van der Waals surface area contributed by atoms with E-state index in [1.165, 1.54) is 31.4 Å². The molecule has 1 saturated heterocycles. The number of alkyl halides is 3. The summed E-state index contributed by atoms with van der Waals surface area (Å²) in [4.78, 5) is 24.4. The molecule has 5 nitrogen and oxygen atoms in total. The van der Waals surface area contributed by atoms with Gasteiger partial charge in [-0.3, -0.25) is 4.79 Å². The largest absolute Gasteiger partial charge is 0.465 e. The van der Waals surface area contributed by atoms with Gasteiger partial charge in [0.1, 0.15) is 0 Å². The number of β-amino-alcohol motifs (C(OH)–C–C–N with tert-alkyl or cyclic N) is 1. The lowest BCUT2D eigenvalue weighted by Crippen LogP contribution is -2.48. The van der Waals surface area contributed by atoms with Crippen LogP contribution in [-0.4, -0.2) is 53.9 Å². The van der Waals surface area contributed by atoms with Crippen molar-refractivity contribution in [1.29, 1.82) is 0 Å². The average Bonchev–Trinajstić information content (AvgIpc) is 2.89. The smallest absolute Gasteiger partial charge is 0.419 e. The number of aliphatic hydroxyl groups is 1. The van der Waals surface area contributed by atoms with E-state index >= 15 is 0 Å². The molecule has 1 unspecified atom stereocenters. The van der Waals surface area contributed by atoms with Crippen LogP contribution < -0.4 is 0 Å². The Hall–Kier alpha value is -2.09. The molecule has 120 valence electrons. The molecule has 1 atom stereocenters. The standard InChI is InChI=1S/C14H14F3NO4/c1-22-12(20)10-4-2-9(3-5-10)11(19)18-7-6-13(21,8-18)14(15,16)17/h2-5,21H,6-8H2,1H3. The van der Waals surface area contributed by atoms with Crippen molar-refractivity contribution < 1.29 is 32.6 Å². The van der Waals surface area contributed by atoms with Crippen LogP contribution in [0.4, 0.5) is 13.2 Å². The van der Waals surface area contributed by atoms with Crippen LogP contribution in [0.2, 0.25) is 0 Å². The highest BCUT2D eigenvalue weighted by molar-refractivity contribution is 5.96. The van der Waals surface area contributed by atoms with Gasteiger partial charge in [0.25, 0.3) is 5.91 Å². The number of rotatable bonds is 2. The number of ether oxygens (including phenoxy) is 1. The van der Waals surface area contributed by atoms with E-state index < -0.39 is 36.6 Å². The van der Waals surface area contributed by atoms with Gasteiger partial charge in [0.05, 0.1) is 19.2 Å². The molecule has 2 rings (SSSR count). The van der Waals surface area contributed by atoms with Gasteiger partial charge in [0.2, 0.25) is 0 Å². The van der Waals surface area contributed by atoms with Gasteiger partial charge in [-0.2, -0.15) is 13.2 Å².